The zero-order valence-corrected chi connectivity index (χ0v) is 16.1. The highest BCUT2D eigenvalue weighted by molar-refractivity contribution is 6.30. The van der Waals surface area contributed by atoms with Gasteiger partial charge in [0.05, 0.1) is 11.3 Å². The van der Waals surface area contributed by atoms with Crippen LogP contribution in [0.4, 0.5) is 18.9 Å². The molecule has 0 aromatic heterocycles. The summed E-state index contributed by atoms with van der Waals surface area (Å²) in [5.41, 5.74) is -0.633. The molecule has 0 unspecified atom stereocenters. The quantitative estimate of drug-likeness (QED) is 0.387. The summed E-state index contributed by atoms with van der Waals surface area (Å²) in [7, 11) is 0. The number of ketones is 2. The molecule has 0 saturated heterocycles. The molecule has 32 heavy (non-hydrogen) atoms. The van der Waals surface area contributed by atoms with E-state index in [1.54, 1.807) is 12.1 Å². The van der Waals surface area contributed by atoms with Crippen molar-refractivity contribution in [3.8, 4) is 0 Å². The Kier molecular flexibility index (Phi) is 5.31. The van der Waals surface area contributed by atoms with Gasteiger partial charge in [-0.25, -0.2) is 18.0 Å². The number of amides is 1. The molecule has 0 heterocycles. The number of benzene rings is 3. The molecule has 1 amide bonds. The van der Waals surface area contributed by atoms with Crippen LogP contribution < -0.4 is 5.32 Å². The molecule has 0 aliphatic heterocycles. The largest absolute Gasteiger partial charge is 0.452 e. The molecule has 3 aromatic rings. The summed E-state index contributed by atoms with van der Waals surface area (Å²) in [5.74, 6) is -7.87. The van der Waals surface area contributed by atoms with E-state index in [2.05, 4.69) is 0 Å². The van der Waals surface area contributed by atoms with Gasteiger partial charge < -0.3 is 10.1 Å². The van der Waals surface area contributed by atoms with Gasteiger partial charge in [0, 0.05) is 22.3 Å². The second-order valence-electron chi connectivity index (χ2n) is 6.78. The minimum Gasteiger partial charge on any atom is -0.452 e. The predicted octanol–water partition coefficient (Wildman–Crippen LogP) is 3.67. The van der Waals surface area contributed by atoms with Gasteiger partial charge in [0.15, 0.2) is 35.6 Å². The van der Waals surface area contributed by atoms with Crippen molar-refractivity contribution in [2.24, 2.45) is 0 Å². The fourth-order valence-corrected chi connectivity index (χ4v) is 3.33. The summed E-state index contributed by atoms with van der Waals surface area (Å²) < 4.78 is 44.8. The number of hydrogen-bond acceptors (Lipinski definition) is 5. The molecule has 0 fully saturated rings. The van der Waals surface area contributed by atoms with E-state index in [0.717, 1.165) is 6.07 Å². The first-order valence-corrected chi connectivity index (χ1v) is 9.21. The lowest BCUT2D eigenvalue weighted by atomic mass is 9.82. The topological polar surface area (TPSA) is 89.5 Å². The minimum absolute atomic E-state index is 0.0245. The van der Waals surface area contributed by atoms with Gasteiger partial charge in [-0.15, -0.1) is 0 Å². The first-order valence-electron chi connectivity index (χ1n) is 9.21. The van der Waals surface area contributed by atoms with Gasteiger partial charge >= 0.3 is 5.97 Å². The van der Waals surface area contributed by atoms with E-state index in [1.807, 2.05) is 5.32 Å². The van der Waals surface area contributed by atoms with Gasteiger partial charge in [-0.3, -0.25) is 14.4 Å². The first kappa shape index (κ1) is 21.0. The van der Waals surface area contributed by atoms with Gasteiger partial charge in [-0.05, 0) is 18.2 Å². The van der Waals surface area contributed by atoms with Crippen LogP contribution in [0.5, 0.6) is 0 Å². The number of nitrogens with one attached hydrogen (secondary N) is 1. The van der Waals surface area contributed by atoms with E-state index in [0.29, 0.717) is 6.07 Å². The summed E-state index contributed by atoms with van der Waals surface area (Å²) in [6.07, 6.45) is 0. The Morgan fingerprint density at radius 2 is 1.44 bits per heavy atom. The molecule has 0 radical (unpaired) electrons. The fraction of sp³-hybridized carbons (Fsp3) is 0.0435. The Labute approximate surface area is 178 Å². The molecule has 6 nitrogen and oxygen atoms in total. The number of carbonyl (C=O) groups excluding carboxylic acids is 4. The van der Waals surface area contributed by atoms with E-state index in [-0.39, 0.29) is 27.8 Å². The Balaban J connectivity index is 1.53. The Morgan fingerprint density at radius 1 is 0.781 bits per heavy atom. The monoisotopic (exact) mass is 439 g/mol. The zero-order chi connectivity index (χ0) is 23.0. The van der Waals surface area contributed by atoms with Crippen molar-refractivity contribution in [2.75, 3.05) is 11.9 Å². The van der Waals surface area contributed by atoms with Crippen LogP contribution in [0.25, 0.3) is 0 Å². The van der Waals surface area contributed by atoms with E-state index in [9.17, 15) is 32.3 Å². The maximum absolute atomic E-state index is 13.7. The number of anilines is 1. The van der Waals surface area contributed by atoms with E-state index >= 15 is 0 Å². The molecule has 9 heteroatoms. The standard InChI is InChI=1S/C23H12F3NO5/c24-15-8-9-16(20(26)19(15)25)27-17(28)10-32-23(31)14-7-3-6-13-18(14)22(30)12-5-2-1-4-11(12)21(13)29/h1-9H,10H2,(H,27,28). The normalized spacial score (nSPS) is 12.1. The third-order valence-electron chi connectivity index (χ3n) is 4.82. The van der Waals surface area contributed by atoms with Gasteiger partial charge in [-0.2, -0.15) is 0 Å². The highest BCUT2D eigenvalue weighted by atomic mass is 19.2. The second-order valence-corrected chi connectivity index (χ2v) is 6.78. The van der Waals surface area contributed by atoms with Gasteiger partial charge in [0.25, 0.3) is 5.91 Å². The molecule has 0 atom stereocenters. The maximum atomic E-state index is 13.7. The zero-order valence-electron chi connectivity index (χ0n) is 16.1. The van der Waals surface area contributed by atoms with Crippen LogP contribution in [-0.2, 0) is 9.53 Å². The molecular formula is C23H12F3NO5. The Hall–Kier alpha value is -4.27. The molecule has 4 rings (SSSR count). The maximum Gasteiger partial charge on any atom is 0.339 e. The highest BCUT2D eigenvalue weighted by Gasteiger charge is 2.33. The van der Waals surface area contributed by atoms with Gasteiger partial charge in [0.1, 0.15) is 0 Å². The lowest BCUT2D eigenvalue weighted by Gasteiger charge is -2.19. The van der Waals surface area contributed by atoms with Crippen molar-refractivity contribution in [2.45, 2.75) is 0 Å². The SMILES string of the molecule is O=C(COC(=O)c1cccc2c1C(=O)c1ccccc1C2=O)Nc1ccc(F)c(F)c1F. The molecular weight excluding hydrogens is 427 g/mol. The lowest BCUT2D eigenvalue weighted by molar-refractivity contribution is -0.119. The van der Waals surface area contributed by atoms with Crippen molar-refractivity contribution < 1.29 is 37.1 Å². The van der Waals surface area contributed by atoms with Gasteiger partial charge in [-0.1, -0.05) is 36.4 Å². The third kappa shape index (κ3) is 3.53. The first-order chi connectivity index (χ1) is 15.3. The van der Waals surface area contributed by atoms with Crippen molar-refractivity contribution in [3.63, 3.8) is 0 Å². The summed E-state index contributed by atoms with van der Waals surface area (Å²) in [6, 6.07) is 11.7. The molecule has 0 bridgehead atoms. The van der Waals surface area contributed by atoms with Crippen LogP contribution in [0.2, 0.25) is 0 Å². The van der Waals surface area contributed by atoms with E-state index in [1.165, 1.54) is 30.3 Å². The molecule has 0 saturated carbocycles. The number of esters is 1. The summed E-state index contributed by atoms with van der Waals surface area (Å²) in [6.45, 7) is -0.903. The van der Waals surface area contributed by atoms with Gasteiger partial charge in [0.2, 0.25) is 0 Å². The van der Waals surface area contributed by atoms with Crippen molar-refractivity contribution >= 4 is 29.1 Å². The molecule has 0 spiro atoms. The second kappa shape index (κ2) is 8.10. The number of hydrogen-bond donors (Lipinski definition) is 1. The Morgan fingerprint density at radius 3 is 2.16 bits per heavy atom. The fourth-order valence-electron chi connectivity index (χ4n) is 3.33. The summed E-state index contributed by atoms with van der Waals surface area (Å²) in [5, 5.41) is 1.96. The average Bonchev–Trinajstić information content (AvgIpc) is 2.81. The molecule has 1 aliphatic carbocycles. The van der Waals surface area contributed by atoms with Crippen LogP contribution >= 0.6 is 0 Å². The molecule has 160 valence electrons. The predicted molar refractivity (Wildman–Crippen MR) is 105 cm³/mol. The Bertz CT molecular complexity index is 1320. The number of ether oxygens (including phenoxy) is 1. The van der Waals surface area contributed by atoms with Crippen LogP contribution in [0, 0.1) is 17.5 Å². The average molecular weight is 439 g/mol. The summed E-state index contributed by atoms with van der Waals surface area (Å²) >= 11 is 0. The minimum atomic E-state index is -1.76. The summed E-state index contributed by atoms with van der Waals surface area (Å²) in [4.78, 5) is 50.2. The molecule has 1 N–H and O–H groups in total. The van der Waals surface area contributed by atoms with Crippen molar-refractivity contribution in [1.29, 1.82) is 0 Å². The molecule has 3 aromatic carbocycles. The van der Waals surface area contributed by atoms with Crippen molar-refractivity contribution in [1.82, 2.24) is 0 Å². The van der Waals surface area contributed by atoms with Crippen molar-refractivity contribution in [3.05, 3.63) is 99.9 Å². The number of halogens is 3. The van der Waals surface area contributed by atoms with E-state index < -0.39 is 53.2 Å². The third-order valence-corrected chi connectivity index (χ3v) is 4.82. The van der Waals surface area contributed by atoms with Crippen LogP contribution in [0.3, 0.4) is 0 Å². The van der Waals surface area contributed by atoms with Crippen LogP contribution in [0.15, 0.2) is 54.6 Å². The van der Waals surface area contributed by atoms with Crippen LogP contribution in [-0.4, -0.2) is 30.0 Å². The van der Waals surface area contributed by atoms with Crippen LogP contribution in [0.1, 0.15) is 42.2 Å². The number of rotatable bonds is 4. The highest BCUT2D eigenvalue weighted by Crippen LogP contribution is 2.29. The number of carbonyl (C=O) groups is 4. The number of fused-ring (bicyclic) bond motifs is 2. The smallest absolute Gasteiger partial charge is 0.339 e. The van der Waals surface area contributed by atoms with E-state index in [4.69, 9.17) is 4.74 Å². The lowest BCUT2D eigenvalue weighted by Crippen LogP contribution is -2.26. The molecule has 1 aliphatic rings.